The fourth-order valence-electron chi connectivity index (χ4n) is 3.92. The van der Waals surface area contributed by atoms with Crippen LogP contribution in [-0.4, -0.2) is 40.3 Å². The molecule has 1 aromatic carbocycles. The van der Waals surface area contributed by atoms with Gasteiger partial charge in [-0.05, 0) is 61.8 Å². The highest BCUT2D eigenvalue weighted by Gasteiger charge is 2.30. The molecule has 6 nitrogen and oxygen atoms in total. The third kappa shape index (κ3) is 4.72. The van der Waals surface area contributed by atoms with Crippen molar-refractivity contribution in [3.63, 3.8) is 0 Å². The summed E-state index contributed by atoms with van der Waals surface area (Å²) < 4.78 is 55.2. The predicted octanol–water partition coefficient (Wildman–Crippen LogP) is 2.96. The van der Waals surface area contributed by atoms with Gasteiger partial charge in [-0.15, -0.1) is 0 Å². The highest BCUT2D eigenvalue weighted by atomic mass is 32.2. The van der Waals surface area contributed by atoms with Gasteiger partial charge in [0.1, 0.15) is 0 Å². The molecular formula is C19H30N2O4S2. The van der Waals surface area contributed by atoms with E-state index in [-0.39, 0.29) is 15.8 Å². The highest BCUT2D eigenvalue weighted by Crippen LogP contribution is 2.27. The van der Waals surface area contributed by atoms with Gasteiger partial charge in [0, 0.05) is 19.1 Å². The lowest BCUT2D eigenvalue weighted by Crippen LogP contribution is -2.41. The number of hydrogen-bond acceptors (Lipinski definition) is 4. The molecule has 0 radical (unpaired) electrons. The second kappa shape index (κ2) is 8.19. The highest BCUT2D eigenvalue weighted by molar-refractivity contribution is 7.89. The van der Waals surface area contributed by atoms with Gasteiger partial charge in [0.15, 0.2) is 0 Å². The van der Waals surface area contributed by atoms with Gasteiger partial charge in [-0.2, -0.15) is 4.31 Å². The van der Waals surface area contributed by atoms with Crippen molar-refractivity contribution in [3.05, 3.63) is 24.3 Å². The molecule has 0 unspecified atom stereocenters. The summed E-state index contributed by atoms with van der Waals surface area (Å²) in [6, 6.07) is 5.56. The molecule has 1 heterocycles. The van der Waals surface area contributed by atoms with E-state index in [1.807, 2.05) is 0 Å². The van der Waals surface area contributed by atoms with Crippen LogP contribution in [0.4, 0.5) is 0 Å². The third-order valence-electron chi connectivity index (χ3n) is 5.93. The summed E-state index contributed by atoms with van der Waals surface area (Å²) in [5.74, 6) is 0.854. The Labute approximate surface area is 163 Å². The van der Waals surface area contributed by atoms with Crippen LogP contribution in [0.2, 0.25) is 0 Å². The molecule has 0 bridgehead atoms. The summed E-state index contributed by atoms with van der Waals surface area (Å²) in [4.78, 5) is 0.272. The van der Waals surface area contributed by atoms with Crippen molar-refractivity contribution in [2.45, 2.75) is 68.2 Å². The first-order chi connectivity index (χ1) is 12.7. The van der Waals surface area contributed by atoms with Gasteiger partial charge in [0.05, 0.1) is 9.79 Å². The maximum absolute atomic E-state index is 12.8. The largest absolute Gasteiger partial charge is 0.243 e. The predicted molar refractivity (Wildman–Crippen MR) is 105 cm³/mol. The topological polar surface area (TPSA) is 83.6 Å². The van der Waals surface area contributed by atoms with Crippen LogP contribution in [0.1, 0.15) is 52.4 Å². The number of nitrogens with one attached hydrogen (secondary N) is 1. The molecule has 1 N–H and O–H groups in total. The lowest BCUT2D eigenvalue weighted by atomic mass is 9.87. The zero-order valence-corrected chi connectivity index (χ0v) is 17.7. The van der Waals surface area contributed by atoms with Gasteiger partial charge < -0.3 is 0 Å². The number of rotatable bonds is 5. The van der Waals surface area contributed by atoms with Crippen LogP contribution < -0.4 is 4.72 Å². The smallest absolute Gasteiger partial charge is 0.208 e. The lowest BCUT2D eigenvalue weighted by molar-refractivity contribution is 0.288. The fraction of sp³-hybridized carbons (Fsp3) is 0.684. The Morgan fingerprint density at radius 2 is 1.41 bits per heavy atom. The molecule has 2 aliphatic rings. The van der Waals surface area contributed by atoms with Crippen LogP contribution in [-0.2, 0) is 20.0 Å². The van der Waals surface area contributed by atoms with Gasteiger partial charge in [0.2, 0.25) is 20.0 Å². The average molecular weight is 415 g/mol. The van der Waals surface area contributed by atoms with Crippen LogP contribution in [0.25, 0.3) is 0 Å². The van der Waals surface area contributed by atoms with Crippen LogP contribution in [0, 0.1) is 11.8 Å². The van der Waals surface area contributed by atoms with E-state index in [1.54, 1.807) is 0 Å². The van der Waals surface area contributed by atoms with Crippen molar-refractivity contribution in [3.8, 4) is 0 Å². The van der Waals surface area contributed by atoms with Crippen molar-refractivity contribution < 1.29 is 16.8 Å². The Balaban J connectivity index is 1.74. The summed E-state index contributed by atoms with van der Waals surface area (Å²) in [5.41, 5.74) is 0. The van der Waals surface area contributed by atoms with Crippen LogP contribution in [0.15, 0.2) is 34.1 Å². The van der Waals surface area contributed by atoms with Crippen LogP contribution in [0.5, 0.6) is 0 Å². The zero-order chi connectivity index (χ0) is 19.7. The maximum Gasteiger partial charge on any atom is 0.243 e. The Hall–Kier alpha value is -0.960. The summed E-state index contributed by atoms with van der Waals surface area (Å²) in [6.45, 7) is 5.24. The van der Waals surface area contributed by atoms with E-state index >= 15 is 0 Å². The average Bonchev–Trinajstić information content (AvgIpc) is 2.64. The van der Waals surface area contributed by atoms with E-state index in [4.69, 9.17) is 0 Å². The molecule has 27 heavy (non-hydrogen) atoms. The first-order valence-corrected chi connectivity index (χ1v) is 12.7. The molecule has 1 saturated heterocycles. The third-order valence-corrected chi connectivity index (χ3v) is 9.35. The molecule has 2 fully saturated rings. The van der Waals surface area contributed by atoms with Crippen molar-refractivity contribution in [1.82, 2.24) is 9.03 Å². The number of sulfonamides is 2. The Morgan fingerprint density at radius 3 is 2.00 bits per heavy atom. The molecule has 0 spiro atoms. The summed E-state index contributed by atoms with van der Waals surface area (Å²) in [6.07, 6.45) is 5.76. The fourth-order valence-corrected chi connectivity index (χ4v) is 6.77. The molecule has 3 rings (SSSR count). The minimum Gasteiger partial charge on any atom is -0.208 e. The van der Waals surface area contributed by atoms with E-state index in [0.29, 0.717) is 24.9 Å². The second-order valence-corrected chi connectivity index (χ2v) is 11.7. The lowest BCUT2D eigenvalue weighted by Gasteiger charge is -2.30. The molecule has 0 aromatic heterocycles. The van der Waals surface area contributed by atoms with Gasteiger partial charge in [-0.25, -0.2) is 21.6 Å². The minimum absolute atomic E-state index is 0.0532. The minimum atomic E-state index is -3.65. The van der Waals surface area contributed by atoms with Crippen LogP contribution in [0.3, 0.4) is 0 Å². The van der Waals surface area contributed by atoms with E-state index in [0.717, 1.165) is 38.5 Å². The standard InChI is InChI=1S/C19H30N2O4S2/c1-15-11-13-21(14-12-15)27(24,25)18-9-7-17(8-10-18)26(22,23)20-19-6-4-3-5-16(19)2/h7-10,15-16,19-20H,3-6,11-14H2,1-2H3/t16-,19+/m0/s1. The zero-order valence-electron chi connectivity index (χ0n) is 16.1. The van der Waals surface area contributed by atoms with E-state index < -0.39 is 20.0 Å². The summed E-state index contributed by atoms with van der Waals surface area (Å²) in [7, 11) is -7.21. The molecule has 8 heteroatoms. The normalized spacial score (nSPS) is 26.1. The Bertz CT molecular complexity index is 842. The number of hydrogen-bond donors (Lipinski definition) is 1. The van der Waals surface area contributed by atoms with E-state index in [2.05, 4.69) is 18.6 Å². The molecule has 0 amide bonds. The van der Waals surface area contributed by atoms with Crippen molar-refractivity contribution >= 4 is 20.0 Å². The summed E-state index contributed by atoms with van der Waals surface area (Å²) >= 11 is 0. The molecule has 1 saturated carbocycles. The van der Waals surface area contributed by atoms with Crippen molar-refractivity contribution in [2.75, 3.05) is 13.1 Å². The molecule has 1 aromatic rings. The van der Waals surface area contributed by atoms with E-state index in [1.165, 1.54) is 28.6 Å². The van der Waals surface area contributed by atoms with Gasteiger partial charge in [-0.1, -0.05) is 26.7 Å². The Kier molecular flexibility index (Phi) is 6.30. The molecule has 1 aliphatic heterocycles. The number of benzene rings is 1. The Morgan fingerprint density at radius 1 is 0.852 bits per heavy atom. The number of piperidine rings is 1. The van der Waals surface area contributed by atoms with E-state index in [9.17, 15) is 16.8 Å². The first-order valence-electron chi connectivity index (χ1n) is 9.83. The molecule has 1 aliphatic carbocycles. The second-order valence-electron chi connectivity index (χ2n) is 8.05. The van der Waals surface area contributed by atoms with Crippen molar-refractivity contribution in [1.29, 1.82) is 0 Å². The first kappa shape index (κ1) is 20.8. The molecular weight excluding hydrogens is 384 g/mol. The van der Waals surface area contributed by atoms with Gasteiger partial charge >= 0.3 is 0 Å². The monoisotopic (exact) mass is 414 g/mol. The number of nitrogens with zero attached hydrogens (tertiary/aromatic N) is 1. The van der Waals surface area contributed by atoms with Gasteiger partial charge in [0.25, 0.3) is 0 Å². The van der Waals surface area contributed by atoms with Crippen molar-refractivity contribution in [2.24, 2.45) is 11.8 Å². The van der Waals surface area contributed by atoms with Gasteiger partial charge in [-0.3, -0.25) is 0 Å². The SMILES string of the molecule is CC1CCN(S(=O)(=O)c2ccc(S(=O)(=O)N[C@@H]3CCCC[C@@H]3C)cc2)CC1. The summed E-state index contributed by atoms with van der Waals surface area (Å²) in [5, 5.41) is 0. The van der Waals surface area contributed by atoms with Crippen LogP contribution >= 0.6 is 0 Å². The maximum atomic E-state index is 12.8. The quantitative estimate of drug-likeness (QED) is 0.803. The molecule has 2 atom stereocenters. The molecule has 152 valence electrons.